The van der Waals surface area contributed by atoms with Crippen LogP contribution in [0.3, 0.4) is 0 Å². The van der Waals surface area contributed by atoms with Gasteiger partial charge in [-0.2, -0.15) is 0 Å². The quantitative estimate of drug-likeness (QED) is 0.398. The summed E-state index contributed by atoms with van der Waals surface area (Å²) in [7, 11) is 0. The van der Waals surface area contributed by atoms with Gasteiger partial charge in [-0.05, 0) is 58.8 Å². The summed E-state index contributed by atoms with van der Waals surface area (Å²) in [6.45, 7) is 9.74. The minimum absolute atomic E-state index is 0.0843. The van der Waals surface area contributed by atoms with Crippen LogP contribution < -0.4 is 10.6 Å². The van der Waals surface area contributed by atoms with Gasteiger partial charge in [0.05, 0.1) is 31.4 Å². The smallest absolute Gasteiger partial charge is 0.307 e. The second-order valence-electron chi connectivity index (χ2n) is 6.71. The van der Waals surface area contributed by atoms with Gasteiger partial charge in [0.25, 0.3) is 0 Å². The van der Waals surface area contributed by atoms with Crippen molar-refractivity contribution < 1.29 is 13.9 Å². The van der Waals surface area contributed by atoms with E-state index in [1.54, 1.807) is 6.26 Å². The molecule has 0 saturated carbocycles. The third-order valence-electron chi connectivity index (χ3n) is 4.21. The average Bonchev–Trinajstić information content (AvgIpc) is 3.28. The molecule has 7 heteroatoms. The molecule has 2 heterocycles. The van der Waals surface area contributed by atoms with Crippen molar-refractivity contribution in [1.82, 2.24) is 15.5 Å². The first kappa shape index (κ1) is 20.3. The number of carbonyl (C=O) groups excluding carboxylic acids is 1. The number of esters is 1. The van der Waals surface area contributed by atoms with Crippen LogP contribution in [0.1, 0.15) is 51.8 Å². The topological polar surface area (TPSA) is 79.1 Å². The molecule has 146 valence electrons. The zero-order valence-corrected chi connectivity index (χ0v) is 16.2. The highest BCUT2D eigenvalue weighted by Gasteiger charge is 2.25. The van der Waals surface area contributed by atoms with Crippen molar-refractivity contribution >= 4 is 11.9 Å². The standard InChI is InChI=1S/C19H32N4O3/c1-4-20-19(21-10-9-18(24)26-15(2)3)22-14-16(17-8-7-13-25-17)23-11-5-6-12-23/h7-8,13,15-16H,4-6,9-12,14H2,1-3H3,(H2,20,21,22). The molecular weight excluding hydrogens is 332 g/mol. The van der Waals surface area contributed by atoms with Gasteiger partial charge in [-0.1, -0.05) is 0 Å². The fraction of sp³-hybridized carbons (Fsp3) is 0.684. The fourth-order valence-corrected chi connectivity index (χ4v) is 3.04. The van der Waals surface area contributed by atoms with Gasteiger partial charge in [-0.25, -0.2) is 0 Å². The zero-order valence-electron chi connectivity index (χ0n) is 16.2. The maximum atomic E-state index is 11.6. The normalized spacial score (nSPS) is 16.7. The monoisotopic (exact) mass is 364 g/mol. The van der Waals surface area contributed by atoms with Crippen molar-refractivity contribution in [3.8, 4) is 0 Å². The average molecular weight is 364 g/mol. The summed E-state index contributed by atoms with van der Waals surface area (Å²) < 4.78 is 10.8. The third-order valence-corrected chi connectivity index (χ3v) is 4.21. The number of rotatable bonds is 9. The highest BCUT2D eigenvalue weighted by molar-refractivity contribution is 5.80. The van der Waals surface area contributed by atoms with Crippen molar-refractivity contribution in [1.29, 1.82) is 0 Å². The van der Waals surface area contributed by atoms with Gasteiger partial charge in [-0.3, -0.25) is 14.7 Å². The number of carbonyl (C=O) groups is 1. The van der Waals surface area contributed by atoms with Crippen LogP contribution in [0.25, 0.3) is 0 Å². The van der Waals surface area contributed by atoms with Crippen LogP contribution >= 0.6 is 0 Å². The van der Waals surface area contributed by atoms with E-state index < -0.39 is 0 Å². The second kappa shape index (κ2) is 10.9. The molecule has 2 rings (SSSR count). The number of guanidine groups is 1. The molecule has 1 aliphatic heterocycles. The van der Waals surface area contributed by atoms with E-state index >= 15 is 0 Å². The van der Waals surface area contributed by atoms with E-state index in [2.05, 4.69) is 15.5 Å². The maximum Gasteiger partial charge on any atom is 0.307 e. The van der Waals surface area contributed by atoms with E-state index in [4.69, 9.17) is 14.1 Å². The molecule has 1 fully saturated rings. The minimum atomic E-state index is -0.200. The Kier molecular flexibility index (Phi) is 8.47. The Morgan fingerprint density at radius 1 is 1.35 bits per heavy atom. The number of aliphatic imine (C=N–C) groups is 1. The van der Waals surface area contributed by atoms with E-state index in [1.165, 1.54) is 12.8 Å². The summed E-state index contributed by atoms with van der Waals surface area (Å²) in [5.41, 5.74) is 0. The molecule has 0 aromatic carbocycles. The molecule has 7 nitrogen and oxygen atoms in total. The summed E-state index contributed by atoms with van der Waals surface area (Å²) in [5, 5.41) is 6.43. The van der Waals surface area contributed by atoms with Crippen LogP contribution in [-0.2, 0) is 9.53 Å². The summed E-state index contributed by atoms with van der Waals surface area (Å²) in [4.78, 5) is 18.8. The molecule has 0 amide bonds. The van der Waals surface area contributed by atoms with E-state index in [1.807, 2.05) is 32.9 Å². The van der Waals surface area contributed by atoms with Crippen LogP contribution in [-0.4, -0.2) is 55.7 Å². The molecule has 1 aromatic rings. The molecule has 1 unspecified atom stereocenters. The van der Waals surface area contributed by atoms with Crippen molar-refractivity contribution in [2.24, 2.45) is 4.99 Å². The van der Waals surface area contributed by atoms with Crippen LogP contribution in [0.4, 0.5) is 0 Å². The lowest BCUT2D eigenvalue weighted by Gasteiger charge is -2.24. The Hall–Kier alpha value is -2.02. The number of nitrogens with zero attached hydrogens (tertiary/aromatic N) is 2. The molecule has 1 aliphatic rings. The lowest BCUT2D eigenvalue weighted by Crippen LogP contribution is -2.39. The molecule has 0 aliphatic carbocycles. The SMILES string of the molecule is CCNC(=NCC(c1ccco1)N1CCCC1)NCCC(=O)OC(C)C. The summed E-state index contributed by atoms with van der Waals surface area (Å²) in [5.74, 6) is 1.46. The van der Waals surface area contributed by atoms with Crippen molar-refractivity contribution in [2.45, 2.75) is 52.2 Å². The van der Waals surface area contributed by atoms with Gasteiger partial charge in [0.1, 0.15) is 5.76 Å². The molecule has 0 radical (unpaired) electrons. The molecule has 0 spiro atoms. The summed E-state index contributed by atoms with van der Waals surface area (Å²) >= 11 is 0. The molecule has 2 N–H and O–H groups in total. The van der Waals surface area contributed by atoms with E-state index in [0.717, 1.165) is 25.4 Å². The van der Waals surface area contributed by atoms with E-state index in [9.17, 15) is 4.79 Å². The first-order valence-corrected chi connectivity index (χ1v) is 9.59. The lowest BCUT2D eigenvalue weighted by molar-refractivity contribution is -0.147. The largest absolute Gasteiger partial charge is 0.468 e. The molecule has 26 heavy (non-hydrogen) atoms. The molecular formula is C19H32N4O3. The Balaban J connectivity index is 1.91. The molecule has 0 bridgehead atoms. The number of ether oxygens (including phenoxy) is 1. The van der Waals surface area contributed by atoms with E-state index in [0.29, 0.717) is 25.5 Å². The number of likely N-dealkylation sites (tertiary alicyclic amines) is 1. The zero-order chi connectivity index (χ0) is 18.8. The van der Waals surface area contributed by atoms with Crippen LogP contribution in [0.15, 0.2) is 27.8 Å². The highest BCUT2D eigenvalue weighted by Crippen LogP contribution is 2.25. The van der Waals surface area contributed by atoms with E-state index in [-0.39, 0.29) is 18.1 Å². The van der Waals surface area contributed by atoms with Crippen LogP contribution in [0.2, 0.25) is 0 Å². The summed E-state index contributed by atoms with van der Waals surface area (Å²) in [6, 6.07) is 4.08. The first-order valence-electron chi connectivity index (χ1n) is 9.59. The van der Waals surface area contributed by atoms with Gasteiger partial charge in [-0.15, -0.1) is 0 Å². The maximum absolute atomic E-state index is 11.6. The number of nitrogens with one attached hydrogen (secondary N) is 2. The first-order chi connectivity index (χ1) is 12.6. The Bertz CT molecular complexity index is 551. The predicted octanol–water partition coefficient (Wildman–Crippen LogP) is 2.31. The van der Waals surface area contributed by atoms with Gasteiger partial charge >= 0.3 is 5.97 Å². The van der Waals surface area contributed by atoms with Gasteiger partial charge in [0, 0.05) is 13.1 Å². The molecule has 1 saturated heterocycles. The number of hydrogen-bond donors (Lipinski definition) is 2. The fourth-order valence-electron chi connectivity index (χ4n) is 3.04. The third kappa shape index (κ3) is 6.71. The van der Waals surface area contributed by atoms with Gasteiger partial charge in [0.15, 0.2) is 5.96 Å². The van der Waals surface area contributed by atoms with Crippen LogP contribution in [0, 0.1) is 0 Å². The van der Waals surface area contributed by atoms with Crippen molar-refractivity contribution in [2.75, 3.05) is 32.7 Å². The number of hydrogen-bond acceptors (Lipinski definition) is 5. The Morgan fingerprint density at radius 2 is 2.12 bits per heavy atom. The minimum Gasteiger partial charge on any atom is -0.468 e. The van der Waals surface area contributed by atoms with Crippen LogP contribution in [0.5, 0.6) is 0 Å². The second-order valence-corrected chi connectivity index (χ2v) is 6.71. The molecule has 1 aromatic heterocycles. The predicted molar refractivity (Wildman–Crippen MR) is 102 cm³/mol. The highest BCUT2D eigenvalue weighted by atomic mass is 16.5. The van der Waals surface area contributed by atoms with Crippen molar-refractivity contribution in [3.05, 3.63) is 24.2 Å². The Labute approximate surface area is 156 Å². The lowest BCUT2D eigenvalue weighted by atomic mass is 10.2. The van der Waals surface area contributed by atoms with Gasteiger partial charge < -0.3 is 19.8 Å². The Morgan fingerprint density at radius 3 is 2.73 bits per heavy atom. The molecule has 1 atom stereocenters. The van der Waals surface area contributed by atoms with Gasteiger partial charge in [0.2, 0.25) is 0 Å². The van der Waals surface area contributed by atoms with Crippen molar-refractivity contribution in [3.63, 3.8) is 0 Å². The number of furan rings is 1. The summed E-state index contributed by atoms with van der Waals surface area (Å²) in [6.07, 6.45) is 4.38.